The average Bonchev–Trinajstić information content (AvgIpc) is 3.50. The van der Waals surface area contributed by atoms with Crippen LogP contribution >= 0.6 is 11.6 Å². The molecule has 1 amide bonds. The molecule has 3 heterocycles. The molecule has 0 saturated carbocycles. The average molecular weight is 498 g/mol. The fourth-order valence-corrected chi connectivity index (χ4v) is 5.20. The highest BCUT2D eigenvalue weighted by molar-refractivity contribution is 6.30. The van der Waals surface area contributed by atoms with Gasteiger partial charge in [0.1, 0.15) is 5.69 Å². The highest BCUT2D eigenvalue weighted by atomic mass is 35.5. The van der Waals surface area contributed by atoms with Crippen molar-refractivity contribution >= 4 is 28.5 Å². The second kappa shape index (κ2) is 9.17. The molecule has 36 heavy (non-hydrogen) atoms. The van der Waals surface area contributed by atoms with Crippen molar-refractivity contribution in [2.45, 2.75) is 18.9 Å². The molecule has 1 aliphatic heterocycles. The van der Waals surface area contributed by atoms with Crippen LogP contribution in [0.25, 0.3) is 28.0 Å². The van der Waals surface area contributed by atoms with Gasteiger partial charge < -0.3 is 9.88 Å². The van der Waals surface area contributed by atoms with E-state index in [0.717, 1.165) is 28.0 Å². The van der Waals surface area contributed by atoms with E-state index in [4.69, 9.17) is 16.7 Å². The smallest absolute Gasteiger partial charge is 0.326 e. The molecule has 0 aliphatic carbocycles. The minimum atomic E-state index is -0.104. The van der Waals surface area contributed by atoms with Gasteiger partial charge in [0.25, 0.3) is 5.91 Å². The maximum Gasteiger partial charge on any atom is 0.326 e. The summed E-state index contributed by atoms with van der Waals surface area (Å²) in [7, 11) is 0. The molecule has 1 fully saturated rings. The Bertz CT molecular complexity index is 1610. The van der Waals surface area contributed by atoms with Crippen molar-refractivity contribution in [2.24, 2.45) is 0 Å². The Morgan fingerprint density at radius 1 is 0.917 bits per heavy atom. The highest BCUT2D eigenvalue weighted by Gasteiger charge is 2.29. The number of amides is 1. The van der Waals surface area contributed by atoms with Gasteiger partial charge in [-0.1, -0.05) is 60.1 Å². The van der Waals surface area contributed by atoms with Crippen LogP contribution in [0.5, 0.6) is 0 Å². The lowest BCUT2D eigenvalue weighted by Crippen LogP contribution is -2.41. The van der Waals surface area contributed by atoms with E-state index in [-0.39, 0.29) is 17.6 Å². The summed E-state index contributed by atoms with van der Waals surface area (Å²) in [5, 5.41) is 5.35. The molecule has 0 atom stereocenters. The summed E-state index contributed by atoms with van der Waals surface area (Å²) < 4.78 is 3.51. The molecule has 180 valence electrons. The number of para-hydroxylation sites is 2. The third-order valence-corrected chi connectivity index (χ3v) is 7.03. The molecule has 7 nitrogen and oxygen atoms in total. The van der Waals surface area contributed by atoms with E-state index < -0.39 is 0 Å². The summed E-state index contributed by atoms with van der Waals surface area (Å²) in [6.07, 6.45) is 1.40. The molecule has 1 N–H and O–H groups in total. The predicted octanol–water partition coefficient (Wildman–Crippen LogP) is 5.31. The van der Waals surface area contributed by atoms with Crippen LogP contribution in [0.4, 0.5) is 0 Å². The topological polar surface area (TPSA) is 75.9 Å². The molecule has 0 spiro atoms. The van der Waals surface area contributed by atoms with Gasteiger partial charge in [-0.15, -0.1) is 0 Å². The molecule has 1 saturated heterocycles. The molecule has 6 rings (SSSR count). The zero-order valence-electron chi connectivity index (χ0n) is 19.5. The molecule has 5 aromatic rings. The van der Waals surface area contributed by atoms with Crippen LogP contribution in [0, 0.1) is 0 Å². The van der Waals surface area contributed by atoms with Gasteiger partial charge in [0.15, 0.2) is 0 Å². The highest BCUT2D eigenvalue weighted by Crippen LogP contribution is 2.28. The Morgan fingerprint density at radius 3 is 2.44 bits per heavy atom. The molecule has 0 radical (unpaired) electrons. The number of likely N-dealkylation sites (tertiary alicyclic amines) is 1. The van der Waals surface area contributed by atoms with Crippen LogP contribution in [-0.4, -0.2) is 43.2 Å². The first-order valence-corrected chi connectivity index (χ1v) is 12.4. The SMILES string of the molecule is O=C(c1cc(-c2ccccc2)nn1-c1cccc(Cl)c1)N1CCC(n2c(=O)[nH]c3ccccc32)CC1. The Hall–Kier alpha value is -4.10. The Balaban J connectivity index is 1.30. The quantitative estimate of drug-likeness (QED) is 0.365. The lowest BCUT2D eigenvalue weighted by Gasteiger charge is -2.32. The van der Waals surface area contributed by atoms with Crippen LogP contribution in [0.15, 0.2) is 89.7 Å². The largest absolute Gasteiger partial charge is 0.337 e. The molecule has 0 unspecified atom stereocenters. The van der Waals surface area contributed by atoms with Gasteiger partial charge in [0.05, 0.1) is 22.4 Å². The standard InChI is InChI=1S/C28H24ClN5O2/c29-20-9-6-10-22(17-20)34-26(18-24(31-34)19-7-2-1-3-8-19)27(35)32-15-13-21(14-16-32)33-25-12-5-4-11-23(25)30-28(33)36/h1-12,17-18,21H,13-16H2,(H,30,36). The first-order chi connectivity index (χ1) is 17.6. The number of fused-ring (bicyclic) bond motifs is 1. The lowest BCUT2D eigenvalue weighted by atomic mass is 10.0. The van der Waals surface area contributed by atoms with Gasteiger partial charge in [-0.05, 0) is 49.2 Å². The fraction of sp³-hybridized carbons (Fsp3) is 0.179. The van der Waals surface area contributed by atoms with Gasteiger partial charge in [-0.2, -0.15) is 5.10 Å². The van der Waals surface area contributed by atoms with Gasteiger partial charge in [-0.25, -0.2) is 9.48 Å². The second-order valence-electron chi connectivity index (χ2n) is 9.01. The van der Waals surface area contributed by atoms with E-state index in [2.05, 4.69) is 4.98 Å². The third kappa shape index (κ3) is 4.01. The number of benzene rings is 3. The number of halogens is 1. The lowest BCUT2D eigenvalue weighted by molar-refractivity contribution is 0.0685. The van der Waals surface area contributed by atoms with Crippen molar-refractivity contribution in [1.29, 1.82) is 0 Å². The number of hydrogen-bond donors (Lipinski definition) is 1. The van der Waals surface area contributed by atoms with E-state index in [9.17, 15) is 9.59 Å². The van der Waals surface area contributed by atoms with E-state index in [1.165, 1.54) is 0 Å². The van der Waals surface area contributed by atoms with Crippen LogP contribution in [-0.2, 0) is 0 Å². The van der Waals surface area contributed by atoms with E-state index in [0.29, 0.717) is 36.6 Å². The Kier molecular flexibility index (Phi) is 5.70. The zero-order valence-corrected chi connectivity index (χ0v) is 20.2. The number of rotatable bonds is 4. The number of hydrogen-bond acceptors (Lipinski definition) is 3. The molecule has 3 aromatic carbocycles. The number of nitrogens with zero attached hydrogens (tertiary/aromatic N) is 4. The number of H-pyrrole nitrogens is 1. The van der Waals surface area contributed by atoms with Crippen LogP contribution < -0.4 is 5.69 Å². The summed E-state index contributed by atoms with van der Waals surface area (Å²) in [4.78, 5) is 31.2. The Labute approximate surface area is 212 Å². The predicted molar refractivity (Wildman–Crippen MR) is 141 cm³/mol. The maximum atomic E-state index is 13.8. The summed E-state index contributed by atoms with van der Waals surface area (Å²) in [6.45, 7) is 1.10. The first kappa shape index (κ1) is 22.4. The number of nitrogens with one attached hydrogen (secondary N) is 1. The van der Waals surface area contributed by atoms with Crippen molar-refractivity contribution in [1.82, 2.24) is 24.2 Å². The summed E-state index contributed by atoms with van der Waals surface area (Å²) in [6, 6.07) is 26.7. The molecule has 2 aromatic heterocycles. The number of piperidine rings is 1. The maximum absolute atomic E-state index is 13.8. The van der Waals surface area contributed by atoms with Gasteiger partial charge in [0.2, 0.25) is 0 Å². The van der Waals surface area contributed by atoms with Crippen molar-refractivity contribution in [3.05, 3.63) is 106 Å². The number of imidazole rings is 1. The van der Waals surface area contributed by atoms with E-state index >= 15 is 0 Å². The van der Waals surface area contributed by atoms with Crippen molar-refractivity contribution < 1.29 is 4.79 Å². The van der Waals surface area contributed by atoms with E-state index in [1.54, 1.807) is 16.8 Å². The monoisotopic (exact) mass is 497 g/mol. The molecular formula is C28H24ClN5O2. The van der Waals surface area contributed by atoms with Crippen molar-refractivity contribution in [2.75, 3.05) is 13.1 Å². The minimum Gasteiger partial charge on any atom is -0.337 e. The van der Waals surface area contributed by atoms with Crippen LogP contribution in [0.2, 0.25) is 5.02 Å². The first-order valence-electron chi connectivity index (χ1n) is 12.0. The number of aromatic amines is 1. The van der Waals surface area contributed by atoms with Crippen LogP contribution in [0.1, 0.15) is 29.4 Å². The molecular weight excluding hydrogens is 474 g/mol. The molecule has 8 heteroatoms. The summed E-state index contributed by atoms with van der Waals surface area (Å²) >= 11 is 6.25. The van der Waals surface area contributed by atoms with Gasteiger partial charge >= 0.3 is 5.69 Å². The normalized spacial score (nSPS) is 14.4. The van der Waals surface area contributed by atoms with Crippen molar-refractivity contribution in [3.8, 4) is 16.9 Å². The zero-order chi connectivity index (χ0) is 24.6. The Morgan fingerprint density at radius 2 is 1.67 bits per heavy atom. The molecule has 1 aliphatic rings. The summed E-state index contributed by atoms with van der Waals surface area (Å²) in [5.74, 6) is -0.0885. The van der Waals surface area contributed by atoms with Gasteiger partial charge in [-0.3, -0.25) is 9.36 Å². The number of carbonyl (C=O) groups is 1. The van der Waals surface area contributed by atoms with Crippen LogP contribution in [0.3, 0.4) is 0 Å². The fourth-order valence-electron chi connectivity index (χ4n) is 5.01. The summed E-state index contributed by atoms with van der Waals surface area (Å²) in [5.41, 5.74) is 4.50. The van der Waals surface area contributed by atoms with Crippen molar-refractivity contribution in [3.63, 3.8) is 0 Å². The molecule has 0 bridgehead atoms. The number of carbonyl (C=O) groups excluding carboxylic acids is 1. The minimum absolute atomic E-state index is 0.0374. The van der Waals surface area contributed by atoms with E-state index in [1.807, 2.05) is 82.3 Å². The third-order valence-electron chi connectivity index (χ3n) is 6.79. The van der Waals surface area contributed by atoms with Gasteiger partial charge in [0, 0.05) is 29.7 Å². The second-order valence-corrected chi connectivity index (χ2v) is 9.45. The number of aromatic nitrogens is 4.